The van der Waals surface area contributed by atoms with Gasteiger partial charge in [-0.25, -0.2) is 4.68 Å². The van der Waals surface area contributed by atoms with Gasteiger partial charge in [-0.3, -0.25) is 0 Å². The van der Waals surface area contributed by atoms with Gasteiger partial charge in [-0.15, -0.1) is 0 Å². The van der Waals surface area contributed by atoms with Crippen molar-refractivity contribution in [2.24, 2.45) is 0 Å². The average Bonchev–Trinajstić information content (AvgIpc) is 2.13. The Morgan fingerprint density at radius 3 is 2.56 bits per heavy atom. The molecule has 0 saturated carbocycles. The molecule has 0 aliphatic carbocycles. The number of nitrogens with zero attached hydrogens (tertiary/aromatic N) is 2. The van der Waals surface area contributed by atoms with Gasteiger partial charge in [0.25, 0.3) is 0 Å². The number of hydrogen-bond acceptors (Lipinski definition) is 1. The first-order chi connectivity index (χ1) is 4.22. The van der Waals surface area contributed by atoms with Crippen molar-refractivity contribution in [1.82, 2.24) is 9.78 Å². The van der Waals surface area contributed by atoms with Crippen LogP contribution in [0.25, 0.3) is 0 Å². The van der Waals surface area contributed by atoms with Gasteiger partial charge in [-0.2, -0.15) is 9.49 Å². The Bertz CT molecular complexity index is 193. The zero-order chi connectivity index (χ0) is 6.85. The summed E-state index contributed by atoms with van der Waals surface area (Å²) in [5.74, 6) is -0.273. The third-order valence-electron chi connectivity index (χ3n) is 1.11. The number of rotatable bonds is 1. The molecule has 0 N–H and O–H groups in total. The van der Waals surface area contributed by atoms with Crippen molar-refractivity contribution < 1.29 is 4.39 Å². The molecule has 0 saturated heterocycles. The molecular formula is C6H9FN2. The van der Waals surface area contributed by atoms with Gasteiger partial charge in [0.2, 0.25) is 5.95 Å². The van der Waals surface area contributed by atoms with Crippen molar-refractivity contribution in [2.45, 2.75) is 19.9 Å². The number of halogens is 1. The van der Waals surface area contributed by atoms with Gasteiger partial charge in [-0.05, 0) is 13.8 Å². The molecule has 1 rings (SSSR count). The normalized spacial score (nSPS) is 10.7. The Balaban J connectivity index is 2.94. The van der Waals surface area contributed by atoms with Crippen LogP contribution in [0.2, 0.25) is 0 Å². The fourth-order valence-corrected chi connectivity index (χ4v) is 0.678. The number of hydrogen-bond donors (Lipinski definition) is 0. The maximum atomic E-state index is 12.5. The quantitative estimate of drug-likeness (QED) is 0.561. The van der Waals surface area contributed by atoms with Crippen LogP contribution < -0.4 is 0 Å². The second kappa shape index (κ2) is 2.17. The summed E-state index contributed by atoms with van der Waals surface area (Å²) in [5.41, 5.74) is 0. The largest absolute Gasteiger partial charge is 0.237 e. The van der Waals surface area contributed by atoms with Crippen molar-refractivity contribution >= 4 is 0 Å². The highest BCUT2D eigenvalue weighted by molar-refractivity contribution is 4.83. The van der Waals surface area contributed by atoms with E-state index in [2.05, 4.69) is 5.10 Å². The maximum absolute atomic E-state index is 12.5. The van der Waals surface area contributed by atoms with Crippen LogP contribution in [-0.4, -0.2) is 9.78 Å². The van der Waals surface area contributed by atoms with Gasteiger partial charge in [0.15, 0.2) is 0 Å². The van der Waals surface area contributed by atoms with Crippen LogP contribution in [0.15, 0.2) is 12.3 Å². The van der Waals surface area contributed by atoms with E-state index in [1.165, 1.54) is 16.9 Å². The molecule has 1 aromatic rings. The molecule has 0 amide bonds. The summed E-state index contributed by atoms with van der Waals surface area (Å²) >= 11 is 0. The van der Waals surface area contributed by atoms with E-state index in [1.807, 2.05) is 13.8 Å². The van der Waals surface area contributed by atoms with Crippen LogP contribution in [0, 0.1) is 5.95 Å². The molecule has 2 nitrogen and oxygen atoms in total. The molecule has 0 aromatic carbocycles. The zero-order valence-electron chi connectivity index (χ0n) is 5.50. The first-order valence-electron chi connectivity index (χ1n) is 2.91. The highest BCUT2D eigenvalue weighted by Crippen LogP contribution is 2.04. The van der Waals surface area contributed by atoms with Gasteiger partial charge in [0.05, 0.1) is 6.20 Å². The van der Waals surface area contributed by atoms with E-state index in [1.54, 1.807) is 0 Å². The Hall–Kier alpha value is -0.860. The Morgan fingerprint density at radius 1 is 1.67 bits per heavy atom. The Labute approximate surface area is 53.3 Å². The molecule has 0 radical (unpaired) electrons. The topological polar surface area (TPSA) is 17.8 Å². The lowest BCUT2D eigenvalue weighted by atomic mass is 10.4. The van der Waals surface area contributed by atoms with Crippen LogP contribution in [0.5, 0.6) is 0 Å². The SMILES string of the molecule is CC(C)n1nccc1F. The van der Waals surface area contributed by atoms with Crippen LogP contribution in [0.4, 0.5) is 4.39 Å². The minimum atomic E-state index is -0.273. The summed E-state index contributed by atoms with van der Waals surface area (Å²) in [6.07, 6.45) is 1.45. The van der Waals surface area contributed by atoms with Gasteiger partial charge in [0, 0.05) is 12.1 Å². The highest BCUT2D eigenvalue weighted by atomic mass is 19.1. The lowest BCUT2D eigenvalue weighted by Gasteiger charge is -2.03. The first-order valence-corrected chi connectivity index (χ1v) is 2.91. The minimum absolute atomic E-state index is 0.111. The fraction of sp³-hybridized carbons (Fsp3) is 0.500. The zero-order valence-corrected chi connectivity index (χ0v) is 5.50. The lowest BCUT2D eigenvalue weighted by molar-refractivity contribution is 0.416. The average molecular weight is 128 g/mol. The van der Waals surface area contributed by atoms with Gasteiger partial charge in [0.1, 0.15) is 0 Å². The molecule has 0 spiro atoms. The standard InChI is InChI=1S/C6H9FN2/c1-5(2)9-6(7)3-4-8-9/h3-5H,1-2H3. The summed E-state index contributed by atoms with van der Waals surface area (Å²) in [6, 6.07) is 1.46. The molecule has 1 aromatic heterocycles. The van der Waals surface area contributed by atoms with Crippen molar-refractivity contribution in [3.8, 4) is 0 Å². The predicted molar refractivity (Wildman–Crippen MR) is 32.6 cm³/mol. The fourth-order valence-electron chi connectivity index (χ4n) is 0.678. The molecule has 3 heteroatoms. The van der Waals surface area contributed by atoms with E-state index in [0.717, 1.165) is 0 Å². The second-order valence-electron chi connectivity index (χ2n) is 2.19. The summed E-state index contributed by atoms with van der Waals surface area (Å²) in [5, 5.41) is 3.76. The third kappa shape index (κ3) is 1.09. The molecule has 0 bridgehead atoms. The van der Waals surface area contributed by atoms with Crippen molar-refractivity contribution in [3.63, 3.8) is 0 Å². The smallest absolute Gasteiger partial charge is 0.211 e. The lowest BCUT2D eigenvalue weighted by Crippen LogP contribution is -2.04. The molecule has 0 aliphatic rings. The third-order valence-corrected chi connectivity index (χ3v) is 1.11. The maximum Gasteiger partial charge on any atom is 0.211 e. The van der Waals surface area contributed by atoms with E-state index < -0.39 is 0 Å². The van der Waals surface area contributed by atoms with Gasteiger partial charge in [-0.1, -0.05) is 0 Å². The summed E-state index contributed by atoms with van der Waals surface area (Å²) in [7, 11) is 0. The van der Waals surface area contributed by atoms with E-state index >= 15 is 0 Å². The van der Waals surface area contributed by atoms with Crippen LogP contribution in [-0.2, 0) is 0 Å². The summed E-state index contributed by atoms with van der Waals surface area (Å²) in [6.45, 7) is 3.77. The number of aromatic nitrogens is 2. The van der Waals surface area contributed by atoms with Crippen LogP contribution >= 0.6 is 0 Å². The molecule has 9 heavy (non-hydrogen) atoms. The molecule has 1 heterocycles. The van der Waals surface area contributed by atoms with Crippen molar-refractivity contribution in [1.29, 1.82) is 0 Å². The molecule has 0 aliphatic heterocycles. The molecular weight excluding hydrogens is 119 g/mol. The van der Waals surface area contributed by atoms with E-state index in [4.69, 9.17) is 0 Å². The first kappa shape index (κ1) is 6.26. The summed E-state index contributed by atoms with van der Waals surface area (Å²) in [4.78, 5) is 0. The van der Waals surface area contributed by atoms with Gasteiger partial charge >= 0.3 is 0 Å². The highest BCUT2D eigenvalue weighted by Gasteiger charge is 2.02. The Kier molecular flexibility index (Phi) is 1.51. The Morgan fingerprint density at radius 2 is 2.33 bits per heavy atom. The monoisotopic (exact) mass is 128 g/mol. The van der Waals surface area contributed by atoms with E-state index in [9.17, 15) is 4.39 Å². The molecule has 0 unspecified atom stereocenters. The predicted octanol–water partition coefficient (Wildman–Crippen LogP) is 1.60. The van der Waals surface area contributed by atoms with Crippen LogP contribution in [0.1, 0.15) is 19.9 Å². The molecule has 0 atom stereocenters. The van der Waals surface area contributed by atoms with Crippen molar-refractivity contribution in [2.75, 3.05) is 0 Å². The van der Waals surface area contributed by atoms with Crippen molar-refractivity contribution in [3.05, 3.63) is 18.2 Å². The van der Waals surface area contributed by atoms with Gasteiger partial charge < -0.3 is 0 Å². The second-order valence-corrected chi connectivity index (χ2v) is 2.19. The minimum Gasteiger partial charge on any atom is -0.237 e. The molecule has 50 valence electrons. The van der Waals surface area contributed by atoms with E-state index in [0.29, 0.717) is 0 Å². The van der Waals surface area contributed by atoms with Crippen LogP contribution in [0.3, 0.4) is 0 Å². The molecule has 0 fully saturated rings. The van der Waals surface area contributed by atoms with E-state index in [-0.39, 0.29) is 12.0 Å². The summed E-state index contributed by atoms with van der Waals surface area (Å²) < 4.78 is 13.8.